The second-order valence-corrected chi connectivity index (χ2v) is 7.76. The molecule has 0 atom stereocenters. The minimum Gasteiger partial charge on any atom is -0.350 e. The van der Waals surface area contributed by atoms with Crippen molar-refractivity contribution >= 4 is 41.0 Å². The zero-order chi connectivity index (χ0) is 23.4. The van der Waals surface area contributed by atoms with E-state index in [1.165, 1.54) is 24.3 Å². The van der Waals surface area contributed by atoms with Crippen molar-refractivity contribution in [2.24, 2.45) is 0 Å². The lowest BCUT2D eigenvalue weighted by Crippen LogP contribution is -2.18. The highest BCUT2D eigenvalue weighted by atomic mass is 35.5. The molecule has 0 aliphatic heterocycles. The van der Waals surface area contributed by atoms with Crippen LogP contribution in [0.2, 0.25) is 10.0 Å². The van der Waals surface area contributed by atoms with E-state index in [0.717, 1.165) is 4.68 Å². The van der Waals surface area contributed by atoms with E-state index >= 15 is 0 Å². The molecule has 0 radical (unpaired) electrons. The molecular formula is C23H17Cl2F2N5O. The smallest absolute Gasteiger partial charge is 0.281 e. The molecule has 3 aromatic carbocycles. The van der Waals surface area contributed by atoms with Gasteiger partial charge in [-0.3, -0.25) is 4.79 Å². The fraction of sp³-hybridized carbons (Fsp3) is 0.0870. The van der Waals surface area contributed by atoms with Gasteiger partial charge in [0.2, 0.25) is 11.9 Å². The third-order valence-electron chi connectivity index (χ3n) is 4.79. The van der Waals surface area contributed by atoms with Crippen molar-refractivity contribution in [3.8, 4) is 0 Å². The van der Waals surface area contributed by atoms with Gasteiger partial charge in [0.25, 0.3) is 5.91 Å². The van der Waals surface area contributed by atoms with Gasteiger partial charge >= 0.3 is 0 Å². The molecule has 0 unspecified atom stereocenters. The highest BCUT2D eigenvalue weighted by Gasteiger charge is 2.19. The number of carbonyl (C=O) groups excluding carboxylic acids is 1. The number of nitrogens with zero attached hydrogens (tertiary/aromatic N) is 3. The van der Waals surface area contributed by atoms with Gasteiger partial charge in [-0.15, -0.1) is 5.10 Å². The Morgan fingerprint density at radius 3 is 1.97 bits per heavy atom. The van der Waals surface area contributed by atoms with E-state index in [0.29, 0.717) is 5.56 Å². The van der Waals surface area contributed by atoms with Crippen molar-refractivity contribution in [1.29, 1.82) is 0 Å². The van der Waals surface area contributed by atoms with Crippen molar-refractivity contribution in [3.05, 3.63) is 105 Å². The first-order valence-electron chi connectivity index (χ1n) is 9.84. The van der Waals surface area contributed by atoms with Gasteiger partial charge in [-0.25, -0.2) is 8.78 Å². The van der Waals surface area contributed by atoms with Crippen LogP contribution in [0.4, 0.5) is 20.7 Å². The van der Waals surface area contributed by atoms with Crippen molar-refractivity contribution in [2.45, 2.75) is 13.1 Å². The monoisotopic (exact) mass is 487 g/mol. The summed E-state index contributed by atoms with van der Waals surface area (Å²) < 4.78 is 29.3. The number of nitrogens with one attached hydrogen (secondary N) is 2. The summed E-state index contributed by atoms with van der Waals surface area (Å²) in [6.45, 7) is -0.0432. The average Bonchev–Trinajstić information content (AvgIpc) is 3.21. The van der Waals surface area contributed by atoms with Gasteiger partial charge in [0, 0.05) is 39.8 Å². The van der Waals surface area contributed by atoms with E-state index in [1.54, 1.807) is 42.5 Å². The molecule has 0 bridgehead atoms. The molecule has 0 saturated carbocycles. The summed E-state index contributed by atoms with van der Waals surface area (Å²) >= 11 is 12.2. The predicted molar refractivity (Wildman–Crippen MR) is 124 cm³/mol. The molecule has 4 aromatic rings. The van der Waals surface area contributed by atoms with Crippen LogP contribution in [0.1, 0.15) is 21.5 Å². The van der Waals surface area contributed by atoms with Gasteiger partial charge in [0.05, 0.1) is 0 Å². The molecule has 0 aliphatic carbocycles. The topological polar surface area (TPSA) is 71.8 Å². The highest BCUT2D eigenvalue weighted by Crippen LogP contribution is 2.22. The third kappa shape index (κ3) is 5.13. The van der Waals surface area contributed by atoms with Crippen molar-refractivity contribution in [3.63, 3.8) is 0 Å². The van der Waals surface area contributed by atoms with Crippen LogP contribution in [-0.4, -0.2) is 20.7 Å². The largest absolute Gasteiger partial charge is 0.350 e. The van der Waals surface area contributed by atoms with Gasteiger partial charge < -0.3 is 10.6 Å². The number of halogens is 4. The highest BCUT2D eigenvalue weighted by molar-refractivity contribution is 6.31. The Bertz CT molecular complexity index is 1260. The molecule has 1 aromatic heterocycles. The summed E-state index contributed by atoms with van der Waals surface area (Å²) in [5.74, 6) is -1.32. The minimum atomic E-state index is -0.497. The van der Waals surface area contributed by atoms with Crippen LogP contribution in [0.3, 0.4) is 0 Å². The Morgan fingerprint density at radius 2 is 1.39 bits per heavy atom. The lowest BCUT2D eigenvalue weighted by atomic mass is 10.2. The number of benzene rings is 3. The standard InChI is InChI=1S/C23H17Cl2F2N5O/c24-17-8-4-10-19(26)15(17)12-28-22-30-23(29-13-16-18(25)9-5-11-20(16)27)32(31-22)21(33)14-6-2-1-3-7-14/h1-11H,12-13H2,(H2,28,29,30,31). The second-order valence-electron chi connectivity index (χ2n) is 6.95. The molecule has 6 nitrogen and oxygen atoms in total. The van der Waals surface area contributed by atoms with Gasteiger partial charge in [-0.05, 0) is 36.4 Å². The van der Waals surface area contributed by atoms with Crippen molar-refractivity contribution in [1.82, 2.24) is 14.8 Å². The first-order chi connectivity index (χ1) is 15.9. The molecule has 0 spiro atoms. The summed E-state index contributed by atoms with van der Waals surface area (Å²) in [5, 5.41) is 10.5. The van der Waals surface area contributed by atoms with Crippen molar-refractivity contribution < 1.29 is 13.6 Å². The van der Waals surface area contributed by atoms with Gasteiger partial charge in [0.1, 0.15) is 11.6 Å². The molecule has 10 heteroatoms. The number of aromatic nitrogens is 3. The van der Waals surface area contributed by atoms with Crippen molar-refractivity contribution in [2.75, 3.05) is 10.6 Å². The van der Waals surface area contributed by atoms with Gasteiger partial charge in [-0.1, -0.05) is 53.5 Å². The van der Waals surface area contributed by atoms with Crippen LogP contribution >= 0.6 is 23.2 Å². The second kappa shape index (κ2) is 9.97. The molecule has 0 fully saturated rings. The molecular weight excluding hydrogens is 471 g/mol. The molecule has 168 valence electrons. The summed E-state index contributed by atoms with van der Waals surface area (Å²) in [4.78, 5) is 17.3. The van der Waals surface area contributed by atoms with E-state index in [9.17, 15) is 13.6 Å². The van der Waals surface area contributed by atoms with E-state index in [4.69, 9.17) is 23.2 Å². The molecule has 0 amide bonds. The number of carbonyl (C=O) groups is 1. The zero-order valence-corrected chi connectivity index (χ0v) is 18.5. The van der Waals surface area contributed by atoms with Crippen LogP contribution in [0.25, 0.3) is 0 Å². The molecule has 2 N–H and O–H groups in total. The Labute approximate surface area is 198 Å². The van der Waals surface area contributed by atoms with E-state index in [2.05, 4.69) is 20.7 Å². The normalized spacial score (nSPS) is 10.8. The average molecular weight is 488 g/mol. The third-order valence-corrected chi connectivity index (χ3v) is 5.50. The fourth-order valence-electron chi connectivity index (χ4n) is 3.08. The van der Waals surface area contributed by atoms with Crippen LogP contribution < -0.4 is 10.6 Å². The molecule has 1 heterocycles. The lowest BCUT2D eigenvalue weighted by molar-refractivity contribution is 0.0947. The maximum absolute atomic E-state index is 14.2. The minimum absolute atomic E-state index is 0.00632. The zero-order valence-electron chi connectivity index (χ0n) is 17.0. The van der Waals surface area contributed by atoms with Crippen LogP contribution in [-0.2, 0) is 13.1 Å². The predicted octanol–water partition coefficient (Wildman–Crippen LogP) is 5.78. The summed E-state index contributed by atoms with van der Waals surface area (Å²) in [6.07, 6.45) is 0. The van der Waals surface area contributed by atoms with Gasteiger partial charge in [-0.2, -0.15) is 9.67 Å². The fourth-order valence-corrected chi connectivity index (χ4v) is 3.54. The van der Waals surface area contributed by atoms with Crippen LogP contribution in [0.15, 0.2) is 66.7 Å². The number of anilines is 2. The maximum Gasteiger partial charge on any atom is 0.281 e. The Hall–Kier alpha value is -3.49. The molecule has 4 rings (SSSR count). The lowest BCUT2D eigenvalue weighted by Gasteiger charge is -2.09. The first-order valence-corrected chi connectivity index (χ1v) is 10.6. The Morgan fingerprint density at radius 1 is 0.818 bits per heavy atom. The van der Waals surface area contributed by atoms with Crippen LogP contribution in [0.5, 0.6) is 0 Å². The van der Waals surface area contributed by atoms with Crippen LogP contribution in [0, 0.1) is 11.6 Å². The number of rotatable bonds is 7. The SMILES string of the molecule is O=C(c1ccccc1)n1nc(NCc2c(F)cccc2Cl)nc1NCc1c(F)cccc1Cl. The quantitative estimate of drug-likeness (QED) is 0.345. The summed E-state index contributed by atoms with van der Waals surface area (Å²) in [6, 6.07) is 17.2. The van der Waals surface area contributed by atoms with Gasteiger partial charge in [0.15, 0.2) is 0 Å². The Balaban J connectivity index is 1.62. The number of hydrogen-bond acceptors (Lipinski definition) is 5. The Kier molecular flexibility index (Phi) is 6.86. The molecule has 0 saturated heterocycles. The summed E-state index contributed by atoms with van der Waals surface area (Å²) in [5.41, 5.74) is 0.823. The molecule has 0 aliphatic rings. The first kappa shape index (κ1) is 22.7. The number of hydrogen-bond donors (Lipinski definition) is 2. The molecule has 33 heavy (non-hydrogen) atoms. The maximum atomic E-state index is 14.2. The van der Waals surface area contributed by atoms with E-state index < -0.39 is 17.5 Å². The summed E-state index contributed by atoms with van der Waals surface area (Å²) in [7, 11) is 0. The van der Waals surface area contributed by atoms with E-state index in [1.807, 2.05) is 0 Å². The van der Waals surface area contributed by atoms with E-state index in [-0.39, 0.29) is 46.2 Å².